The predicted octanol–water partition coefficient (Wildman–Crippen LogP) is 1.40. The number of methoxy groups -OCH3 is 1. The summed E-state index contributed by atoms with van der Waals surface area (Å²) >= 11 is 0. The van der Waals surface area contributed by atoms with Crippen LogP contribution in [0.5, 0.6) is 0 Å². The van der Waals surface area contributed by atoms with Crippen LogP contribution in [0, 0.1) is 11.3 Å². The number of anilines is 1. The van der Waals surface area contributed by atoms with E-state index >= 15 is 0 Å². The summed E-state index contributed by atoms with van der Waals surface area (Å²) in [6.45, 7) is 1.53. The molecule has 0 spiro atoms. The van der Waals surface area contributed by atoms with Gasteiger partial charge in [-0.1, -0.05) is 6.07 Å². The molecular formula is C10H13N3O. The molecule has 0 atom stereocenters. The minimum Gasteiger partial charge on any atom is -0.385 e. The lowest BCUT2D eigenvalue weighted by atomic mass is 10.3. The molecule has 0 fully saturated rings. The fourth-order valence-electron chi connectivity index (χ4n) is 1.03. The van der Waals surface area contributed by atoms with Crippen LogP contribution in [0.2, 0.25) is 0 Å². The summed E-state index contributed by atoms with van der Waals surface area (Å²) in [6, 6.07) is 7.32. The van der Waals surface area contributed by atoms with Crippen LogP contribution in [0.1, 0.15) is 12.1 Å². The maximum Gasteiger partial charge on any atom is 0.142 e. The van der Waals surface area contributed by atoms with E-state index in [9.17, 15) is 0 Å². The maximum absolute atomic E-state index is 8.61. The van der Waals surface area contributed by atoms with E-state index < -0.39 is 0 Å². The Hall–Kier alpha value is -1.60. The van der Waals surface area contributed by atoms with E-state index in [1.54, 1.807) is 13.2 Å². The summed E-state index contributed by atoms with van der Waals surface area (Å²) in [5, 5.41) is 11.7. The number of pyridine rings is 1. The molecule has 74 valence electrons. The fraction of sp³-hybridized carbons (Fsp3) is 0.400. The van der Waals surface area contributed by atoms with Gasteiger partial charge >= 0.3 is 0 Å². The molecule has 0 aromatic carbocycles. The Morgan fingerprint density at radius 2 is 2.43 bits per heavy atom. The van der Waals surface area contributed by atoms with E-state index in [2.05, 4.69) is 10.3 Å². The van der Waals surface area contributed by atoms with Crippen LogP contribution >= 0.6 is 0 Å². The van der Waals surface area contributed by atoms with Gasteiger partial charge in [-0.05, 0) is 18.6 Å². The van der Waals surface area contributed by atoms with Crippen LogP contribution in [-0.4, -0.2) is 25.2 Å². The highest BCUT2D eigenvalue weighted by atomic mass is 16.5. The molecule has 0 aliphatic heterocycles. The molecule has 0 saturated heterocycles. The van der Waals surface area contributed by atoms with Crippen molar-refractivity contribution in [1.82, 2.24) is 4.98 Å². The van der Waals surface area contributed by atoms with Crippen LogP contribution in [-0.2, 0) is 4.74 Å². The second-order valence-corrected chi connectivity index (χ2v) is 2.79. The first kappa shape index (κ1) is 10.5. The smallest absolute Gasteiger partial charge is 0.142 e. The van der Waals surface area contributed by atoms with Crippen LogP contribution in [0.15, 0.2) is 18.2 Å². The van der Waals surface area contributed by atoms with Gasteiger partial charge in [-0.25, -0.2) is 4.98 Å². The molecule has 0 aliphatic rings. The monoisotopic (exact) mass is 191 g/mol. The van der Waals surface area contributed by atoms with Gasteiger partial charge in [-0.15, -0.1) is 0 Å². The molecule has 0 aliphatic carbocycles. The Balaban J connectivity index is 2.39. The minimum atomic E-state index is 0.432. The third-order valence-electron chi connectivity index (χ3n) is 1.69. The predicted molar refractivity (Wildman–Crippen MR) is 53.9 cm³/mol. The van der Waals surface area contributed by atoms with Crippen LogP contribution in [0.3, 0.4) is 0 Å². The maximum atomic E-state index is 8.61. The van der Waals surface area contributed by atoms with Crippen molar-refractivity contribution in [2.24, 2.45) is 0 Å². The molecule has 1 N–H and O–H groups in total. The largest absolute Gasteiger partial charge is 0.385 e. The highest BCUT2D eigenvalue weighted by Crippen LogP contribution is 2.03. The van der Waals surface area contributed by atoms with E-state index in [0.29, 0.717) is 5.69 Å². The van der Waals surface area contributed by atoms with Crippen molar-refractivity contribution in [3.05, 3.63) is 23.9 Å². The Morgan fingerprint density at radius 3 is 3.14 bits per heavy atom. The molecule has 0 amide bonds. The number of hydrogen-bond donors (Lipinski definition) is 1. The molecule has 4 heteroatoms. The first-order valence-electron chi connectivity index (χ1n) is 4.47. The topological polar surface area (TPSA) is 57.9 Å². The van der Waals surface area contributed by atoms with E-state index in [1.165, 1.54) is 0 Å². The average Bonchev–Trinajstić information content (AvgIpc) is 2.25. The second kappa shape index (κ2) is 5.95. The van der Waals surface area contributed by atoms with E-state index in [4.69, 9.17) is 10.00 Å². The third-order valence-corrected chi connectivity index (χ3v) is 1.69. The highest BCUT2D eigenvalue weighted by molar-refractivity contribution is 5.38. The van der Waals surface area contributed by atoms with Gasteiger partial charge in [-0.3, -0.25) is 0 Å². The van der Waals surface area contributed by atoms with Crippen molar-refractivity contribution in [2.45, 2.75) is 6.42 Å². The number of nitriles is 1. The summed E-state index contributed by atoms with van der Waals surface area (Å²) in [5.41, 5.74) is 0.432. The molecule has 4 nitrogen and oxygen atoms in total. The Labute approximate surface area is 83.5 Å². The van der Waals surface area contributed by atoms with Crippen molar-refractivity contribution in [3.8, 4) is 6.07 Å². The van der Waals surface area contributed by atoms with Gasteiger partial charge in [-0.2, -0.15) is 5.26 Å². The summed E-state index contributed by atoms with van der Waals surface area (Å²) in [5.74, 6) is 0.736. The van der Waals surface area contributed by atoms with Crippen molar-refractivity contribution in [1.29, 1.82) is 5.26 Å². The molecule has 0 radical (unpaired) electrons. The quantitative estimate of drug-likeness (QED) is 0.715. The summed E-state index contributed by atoms with van der Waals surface area (Å²) < 4.78 is 4.91. The van der Waals surface area contributed by atoms with Crippen molar-refractivity contribution in [2.75, 3.05) is 25.6 Å². The molecule has 0 saturated carbocycles. The zero-order valence-corrected chi connectivity index (χ0v) is 8.16. The number of hydrogen-bond acceptors (Lipinski definition) is 4. The van der Waals surface area contributed by atoms with Gasteiger partial charge in [0, 0.05) is 20.3 Å². The van der Waals surface area contributed by atoms with Gasteiger partial charge in [0.15, 0.2) is 0 Å². The number of rotatable bonds is 5. The molecule has 1 heterocycles. The van der Waals surface area contributed by atoms with E-state index in [0.717, 1.165) is 25.4 Å². The first-order valence-corrected chi connectivity index (χ1v) is 4.47. The highest BCUT2D eigenvalue weighted by Gasteiger charge is 1.94. The molecule has 14 heavy (non-hydrogen) atoms. The zero-order chi connectivity index (χ0) is 10.2. The molecule has 0 bridgehead atoms. The zero-order valence-electron chi connectivity index (χ0n) is 8.16. The van der Waals surface area contributed by atoms with Crippen LogP contribution < -0.4 is 5.32 Å². The van der Waals surface area contributed by atoms with E-state index in [1.807, 2.05) is 18.2 Å². The Kier molecular flexibility index (Phi) is 4.45. The molecular weight excluding hydrogens is 178 g/mol. The first-order chi connectivity index (χ1) is 6.86. The van der Waals surface area contributed by atoms with Gasteiger partial charge in [0.1, 0.15) is 17.6 Å². The number of ether oxygens (including phenoxy) is 1. The standard InChI is InChI=1S/C10H13N3O/c1-14-7-3-6-12-10-5-2-4-9(8-11)13-10/h2,4-5H,3,6-7H2,1H3,(H,12,13). The Bertz CT molecular complexity index is 319. The lowest BCUT2D eigenvalue weighted by Gasteiger charge is -2.04. The van der Waals surface area contributed by atoms with Crippen LogP contribution in [0.25, 0.3) is 0 Å². The minimum absolute atomic E-state index is 0.432. The molecule has 0 unspecified atom stereocenters. The summed E-state index contributed by atoms with van der Waals surface area (Å²) in [7, 11) is 1.68. The van der Waals surface area contributed by atoms with Gasteiger partial charge in [0.2, 0.25) is 0 Å². The van der Waals surface area contributed by atoms with Gasteiger partial charge in [0.25, 0.3) is 0 Å². The fourth-order valence-corrected chi connectivity index (χ4v) is 1.03. The summed E-state index contributed by atoms with van der Waals surface area (Å²) in [6.07, 6.45) is 0.926. The van der Waals surface area contributed by atoms with Crippen molar-refractivity contribution < 1.29 is 4.74 Å². The van der Waals surface area contributed by atoms with Gasteiger partial charge < -0.3 is 10.1 Å². The van der Waals surface area contributed by atoms with Crippen LogP contribution in [0.4, 0.5) is 5.82 Å². The normalized spacial score (nSPS) is 9.43. The molecule has 1 aromatic rings. The Morgan fingerprint density at radius 1 is 1.57 bits per heavy atom. The third kappa shape index (κ3) is 3.42. The van der Waals surface area contributed by atoms with Crippen molar-refractivity contribution >= 4 is 5.82 Å². The number of aromatic nitrogens is 1. The lowest BCUT2D eigenvalue weighted by Crippen LogP contribution is -2.06. The van der Waals surface area contributed by atoms with Gasteiger partial charge in [0.05, 0.1) is 0 Å². The lowest BCUT2D eigenvalue weighted by molar-refractivity contribution is 0.198. The van der Waals surface area contributed by atoms with E-state index in [-0.39, 0.29) is 0 Å². The molecule has 1 aromatic heterocycles. The summed E-state index contributed by atoms with van der Waals surface area (Å²) in [4.78, 5) is 4.08. The second-order valence-electron chi connectivity index (χ2n) is 2.79. The molecule has 1 rings (SSSR count). The van der Waals surface area contributed by atoms with Crippen molar-refractivity contribution in [3.63, 3.8) is 0 Å². The SMILES string of the molecule is COCCCNc1cccc(C#N)n1. The average molecular weight is 191 g/mol. The number of nitrogens with zero attached hydrogens (tertiary/aromatic N) is 2. The number of nitrogens with one attached hydrogen (secondary N) is 1.